The van der Waals surface area contributed by atoms with Gasteiger partial charge in [0.15, 0.2) is 11.0 Å². The molecule has 170 valence electrons. The zero-order valence-corrected chi connectivity index (χ0v) is 19.3. The minimum absolute atomic E-state index is 0.0155. The summed E-state index contributed by atoms with van der Waals surface area (Å²) in [5.41, 5.74) is 3.27. The van der Waals surface area contributed by atoms with E-state index >= 15 is 0 Å². The molecule has 5 rings (SSSR count). The molecule has 0 fully saturated rings. The topological polar surface area (TPSA) is 93.0 Å². The van der Waals surface area contributed by atoms with Crippen molar-refractivity contribution in [3.63, 3.8) is 0 Å². The van der Waals surface area contributed by atoms with Gasteiger partial charge in [0.1, 0.15) is 6.54 Å². The predicted octanol–water partition coefficient (Wildman–Crippen LogP) is 3.85. The lowest BCUT2D eigenvalue weighted by atomic mass is 10.2. The van der Waals surface area contributed by atoms with Gasteiger partial charge in [-0.3, -0.25) is 24.0 Å². The number of para-hydroxylation sites is 2. The molecular formula is C25H22N6O2S. The molecule has 0 aliphatic carbocycles. The van der Waals surface area contributed by atoms with E-state index in [1.165, 1.54) is 16.7 Å². The van der Waals surface area contributed by atoms with Crippen molar-refractivity contribution in [1.29, 1.82) is 0 Å². The molecule has 0 spiro atoms. The lowest BCUT2D eigenvalue weighted by Gasteiger charge is -2.30. The summed E-state index contributed by atoms with van der Waals surface area (Å²) < 4.78 is 2.00. The van der Waals surface area contributed by atoms with Crippen LogP contribution in [-0.2, 0) is 16.1 Å². The first-order valence-electron chi connectivity index (χ1n) is 10.8. The van der Waals surface area contributed by atoms with Gasteiger partial charge in [-0.2, -0.15) is 0 Å². The van der Waals surface area contributed by atoms with Gasteiger partial charge in [0.25, 0.3) is 0 Å². The Balaban J connectivity index is 1.44. The first-order chi connectivity index (χ1) is 16.6. The molecule has 2 aromatic carbocycles. The van der Waals surface area contributed by atoms with Crippen LogP contribution in [0.15, 0.2) is 84.3 Å². The molecule has 1 atom stereocenters. The highest BCUT2D eigenvalue weighted by Gasteiger charge is 2.31. The van der Waals surface area contributed by atoms with Gasteiger partial charge in [0.05, 0.1) is 23.2 Å². The van der Waals surface area contributed by atoms with Crippen molar-refractivity contribution in [1.82, 2.24) is 19.7 Å². The Morgan fingerprint density at radius 2 is 1.85 bits per heavy atom. The second-order valence-corrected chi connectivity index (χ2v) is 9.18. The van der Waals surface area contributed by atoms with Crippen molar-refractivity contribution in [2.75, 3.05) is 16.8 Å². The lowest BCUT2D eigenvalue weighted by Crippen LogP contribution is -2.45. The van der Waals surface area contributed by atoms with E-state index in [0.29, 0.717) is 28.9 Å². The van der Waals surface area contributed by atoms with E-state index in [1.54, 1.807) is 18.5 Å². The Morgan fingerprint density at radius 1 is 1.06 bits per heavy atom. The summed E-state index contributed by atoms with van der Waals surface area (Å²) in [5, 5.41) is 11.8. The fourth-order valence-corrected chi connectivity index (χ4v) is 4.76. The zero-order valence-electron chi connectivity index (χ0n) is 18.5. The number of benzene rings is 2. The number of thioether (sulfide) groups is 1. The Bertz CT molecular complexity index is 1330. The molecule has 2 amide bonds. The number of nitrogens with zero attached hydrogens (tertiary/aromatic N) is 5. The Labute approximate surface area is 201 Å². The molecule has 1 aliphatic heterocycles. The van der Waals surface area contributed by atoms with E-state index in [1.807, 2.05) is 72.2 Å². The lowest BCUT2D eigenvalue weighted by molar-refractivity contribution is -0.121. The van der Waals surface area contributed by atoms with E-state index < -0.39 is 5.25 Å². The zero-order chi connectivity index (χ0) is 23.5. The predicted molar refractivity (Wildman–Crippen MR) is 132 cm³/mol. The maximum Gasteiger partial charge on any atom is 0.244 e. The summed E-state index contributed by atoms with van der Waals surface area (Å²) in [6.45, 7) is 2.36. The van der Waals surface area contributed by atoms with Crippen LogP contribution in [0.3, 0.4) is 0 Å². The summed E-state index contributed by atoms with van der Waals surface area (Å²) in [6.07, 6.45) is 3.46. The standard InChI is InChI=1S/C25H22N6O2S/c1-17(24(33)30-16-22(32)27-20-11-5-6-12-21(20)30)34-25-29-28-23(19-10-7-13-26-14-19)31(25)15-18-8-3-2-4-9-18/h2-14,17H,15-16H2,1H3,(H,27,32)/t17-/m0/s1. The van der Waals surface area contributed by atoms with E-state index in [-0.39, 0.29) is 18.4 Å². The molecule has 4 aromatic rings. The summed E-state index contributed by atoms with van der Waals surface area (Å²) >= 11 is 1.33. The number of hydrogen-bond donors (Lipinski definition) is 1. The highest BCUT2D eigenvalue weighted by Crippen LogP contribution is 2.33. The molecule has 1 N–H and O–H groups in total. The molecule has 0 unspecified atom stereocenters. The number of carbonyl (C=O) groups excluding carboxylic acids is 2. The van der Waals surface area contributed by atoms with Crippen LogP contribution in [-0.4, -0.2) is 43.4 Å². The SMILES string of the molecule is C[C@H](Sc1nnc(-c2cccnc2)n1Cc1ccccc1)C(=O)N1CC(=O)Nc2ccccc21. The Hall–Kier alpha value is -3.98. The van der Waals surface area contributed by atoms with E-state index in [4.69, 9.17) is 0 Å². The van der Waals surface area contributed by atoms with Crippen LogP contribution in [0.2, 0.25) is 0 Å². The number of hydrogen-bond acceptors (Lipinski definition) is 6. The van der Waals surface area contributed by atoms with Crippen LogP contribution in [0, 0.1) is 0 Å². The van der Waals surface area contributed by atoms with Gasteiger partial charge in [0, 0.05) is 18.0 Å². The van der Waals surface area contributed by atoms with E-state index in [9.17, 15) is 9.59 Å². The first-order valence-corrected chi connectivity index (χ1v) is 11.7. The summed E-state index contributed by atoms with van der Waals surface area (Å²) in [5.74, 6) is 0.307. The van der Waals surface area contributed by atoms with Crippen molar-refractivity contribution in [3.8, 4) is 11.4 Å². The van der Waals surface area contributed by atoms with Crippen molar-refractivity contribution in [3.05, 3.63) is 84.7 Å². The third-order valence-electron chi connectivity index (χ3n) is 5.49. The van der Waals surface area contributed by atoms with Crippen LogP contribution >= 0.6 is 11.8 Å². The van der Waals surface area contributed by atoms with Gasteiger partial charge in [-0.15, -0.1) is 10.2 Å². The number of pyridine rings is 1. The van der Waals surface area contributed by atoms with Crippen molar-refractivity contribution < 1.29 is 9.59 Å². The van der Waals surface area contributed by atoms with Crippen LogP contribution in [0.1, 0.15) is 12.5 Å². The van der Waals surface area contributed by atoms with Crippen LogP contribution in [0.4, 0.5) is 11.4 Å². The highest BCUT2D eigenvalue weighted by molar-refractivity contribution is 8.00. The minimum Gasteiger partial charge on any atom is -0.323 e. The normalized spacial score (nSPS) is 13.8. The maximum absolute atomic E-state index is 13.4. The van der Waals surface area contributed by atoms with Crippen molar-refractivity contribution in [2.24, 2.45) is 0 Å². The molecule has 9 heteroatoms. The van der Waals surface area contributed by atoms with Gasteiger partial charge in [-0.05, 0) is 36.8 Å². The Morgan fingerprint density at radius 3 is 2.65 bits per heavy atom. The van der Waals surface area contributed by atoms with Crippen molar-refractivity contribution >= 4 is 35.0 Å². The van der Waals surface area contributed by atoms with E-state index in [0.717, 1.165) is 11.1 Å². The average Bonchev–Trinajstić information content (AvgIpc) is 3.26. The number of fused-ring (bicyclic) bond motifs is 1. The number of carbonyl (C=O) groups is 2. The smallest absolute Gasteiger partial charge is 0.244 e. The molecule has 0 saturated heterocycles. The fourth-order valence-electron chi connectivity index (χ4n) is 3.85. The van der Waals surface area contributed by atoms with Crippen molar-refractivity contribution in [2.45, 2.75) is 23.9 Å². The molecule has 0 saturated carbocycles. The molecule has 2 aromatic heterocycles. The molecule has 34 heavy (non-hydrogen) atoms. The molecule has 0 bridgehead atoms. The number of anilines is 2. The van der Waals surface area contributed by atoms with Crippen LogP contribution < -0.4 is 10.2 Å². The van der Waals surface area contributed by atoms with Gasteiger partial charge in [-0.1, -0.05) is 54.2 Å². The molecule has 3 heterocycles. The molecular weight excluding hydrogens is 448 g/mol. The monoisotopic (exact) mass is 470 g/mol. The van der Waals surface area contributed by atoms with Crippen LogP contribution in [0.25, 0.3) is 11.4 Å². The second-order valence-electron chi connectivity index (χ2n) is 7.87. The maximum atomic E-state index is 13.4. The van der Waals surface area contributed by atoms with Gasteiger partial charge >= 0.3 is 0 Å². The second kappa shape index (κ2) is 9.48. The minimum atomic E-state index is -0.487. The van der Waals surface area contributed by atoms with Gasteiger partial charge in [-0.25, -0.2) is 0 Å². The number of nitrogens with one attached hydrogen (secondary N) is 1. The molecule has 8 nitrogen and oxygen atoms in total. The van der Waals surface area contributed by atoms with Gasteiger partial charge in [0.2, 0.25) is 11.8 Å². The molecule has 1 aliphatic rings. The molecule has 0 radical (unpaired) electrons. The number of aromatic nitrogens is 4. The highest BCUT2D eigenvalue weighted by atomic mass is 32.2. The number of amides is 2. The quantitative estimate of drug-likeness (QED) is 0.430. The summed E-state index contributed by atoms with van der Waals surface area (Å²) in [4.78, 5) is 31.4. The van der Waals surface area contributed by atoms with Crippen LogP contribution in [0.5, 0.6) is 0 Å². The first kappa shape index (κ1) is 21.8. The summed E-state index contributed by atoms with van der Waals surface area (Å²) in [6, 6.07) is 21.1. The summed E-state index contributed by atoms with van der Waals surface area (Å²) in [7, 11) is 0. The average molecular weight is 471 g/mol. The Kier molecular flexibility index (Phi) is 6.09. The largest absolute Gasteiger partial charge is 0.323 e. The van der Waals surface area contributed by atoms with Gasteiger partial charge < -0.3 is 5.32 Å². The third kappa shape index (κ3) is 4.42. The third-order valence-corrected chi connectivity index (χ3v) is 6.55. The number of rotatable bonds is 6. The fraction of sp³-hybridized carbons (Fsp3) is 0.160. The van der Waals surface area contributed by atoms with E-state index in [2.05, 4.69) is 20.5 Å².